The molecule has 0 atom stereocenters. The lowest BCUT2D eigenvalue weighted by Gasteiger charge is -2.16. The van der Waals surface area contributed by atoms with E-state index in [-0.39, 0.29) is 12.5 Å². The Labute approximate surface area is 200 Å². The number of nitrogens with zero attached hydrogens (tertiary/aromatic N) is 1. The molecule has 0 spiro atoms. The van der Waals surface area contributed by atoms with Gasteiger partial charge in [0.25, 0.3) is 17.6 Å². The van der Waals surface area contributed by atoms with Crippen LogP contribution in [0.4, 0.5) is 10.7 Å². The van der Waals surface area contributed by atoms with E-state index in [1.165, 1.54) is 16.2 Å². The molecule has 0 unspecified atom stereocenters. The zero-order valence-corrected chi connectivity index (χ0v) is 19.2. The van der Waals surface area contributed by atoms with Crippen molar-refractivity contribution in [3.63, 3.8) is 0 Å². The maximum absolute atomic E-state index is 13.2. The predicted octanol–water partition coefficient (Wildman–Crippen LogP) is 3.72. The second kappa shape index (κ2) is 9.23. The number of amides is 3. The Kier molecular flexibility index (Phi) is 5.98. The molecule has 0 saturated carbocycles. The van der Waals surface area contributed by atoms with E-state index in [0.717, 1.165) is 41.7 Å². The van der Waals surface area contributed by atoms with Crippen molar-refractivity contribution in [2.24, 2.45) is 0 Å². The van der Waals surface area contributed by atoms with Gasteiger partial charge in [-0.1, -0.05) is 42.5 Å². The maximum atomic E-state index is 13.2. The van der Waals surface area contributed by atoms with Crippen molar-refractivity contribution in [3.8, 4) is 0 Å². The van der Waals surface area contributed by atoms with E-state index < -0.39 is 17.6 Å². The van der Waals surface area contributed by atoms with E-state index in [2.05, 4.69) is 10.6 Å². The number of ketones is 1. The summed E-state index contributed by atoms with van der Waals surface area (Å²) in [6.45, 7) is 0.0914. The zero-order chi connectivity index (χ0) is 23.7. The van der Waals surface area contributed by atoms with Crippen LogP contribution in [-0.4, -0.2) is 30.0 Å². The average molecular weight is 474 g/mol. The number of para-hydroxylation sites is 1. The van der Waals surface area contributed by atoms with E-state index in [0.29, 0.717) is 28.4 Å². The number of nitrogens with one attached hydrogen (secondary N) is 2. The van der Waals surface area contributed by atoms with Crippen molar-refractivity contribution in [1.82, 2.24) is 5.32 Å². The molecule has 0 radical (unpaired) electrons. The Morgan fingerprint density at radius 3 is 2.50 bits per heavy atom. The number of thiophene rings is 1. The first kappa shape index (κ1) is 22.0. The lowest BCUT2D eigenvalue weighted by molar-refractivity contribution is -0.118. The van der Waals surface area contributed by atoms with Crippen molar-refractivity contribution in [2.75, 3.05) is 16.8 Å². The van der Waals surface area contributed by atoms with Crippen LogP contribution in [0.1, 0.15) is 49.6 Å². The molecule has 0 fully saturated rings. The summed E-state index contributed by atoms with van der Waals surface area (Å²) in [6.07, 6.45) is 3.72. The van der Waals surface area contributed by atoms with Crippen LogP contribution in [-0.2, 0) is 29.0 Å². The molecule has 172 valence electrons. The number of benzene rings is 2. The second-order valence-electron chi connectivity index (χ2n) is 8.37. The molecule has 1 aromatic heterocycles. The van der Waals surface area contributed by atoms with Crippen molar-refractivity contribution in [1.29, 1.82) is 0 Å². The molecule has 2 aromatic carbocycles. The van der Waals surface area contributed by atoms with Gasteiger partial charge >= 0.3 is 0 Å². The number of carbonyl (C=O) groups is 4. The highest BCUT2D eigenvalue weighted by molar-refractivity contribution is 7.17. The molecular formula is C26H23N3O4S. The van der Waals surface area contributed by atoms with Gasteiger partial charge in [-0.05, 0) is 48.9 Å². The van der Waals surface area contributed by atoms with Crippen LogP contribution in [0.25, 0.3) is 0 Å². The third-order valence-electron chi connectivity index (χ3n) is 6.13. The summed E-state index contributed by atoms with van der Waals surface area (Å²) in [6, 6.07) is 16.3. The highest BCUT2D eigenvalue weighted by Gasteiger charge is 2.36. The molecule has 0 bridgehead atoms. The fourth-order valence-electron chi connectivity index (χ4n) is 4.48. The van der Waals surface area contributed by atoms with E-state index in [1.54, 1.807) is 24.3 Å². The Balaban J connectivity index is 1.36. The third-order valence-corrected chi connectivity index (χ3v) is 7.34. The van der Waals surface area contributed by atoms with Crippen LogP contribution < -0.4 is 15.5 Å². The van der Waals surface area contributed by atoms with Crippen LogP contribution in [0, 0.1) is 0 Å². The van der Waals surface area contributed by atoms with Gasteiger partial charge in [0.05, 0.1) is 16.8 Å². The number of rotatable bonds is 6. The quantitative estimate of drug-likeness (QED) is 0.534. The van der Waals surface area contributed by atoms with E-state index in [1.807, 2.05) is 30.3 Å². The number of aryl methyl sites for hydroxylation is 1. The summed E-state index contributed by atoms with van der Waals surface area (Å²) in [4.78, 5) is 53.1. The number of Topliss-reactive ketones (excluding diaryl/α,β-unsaturated/α-hetero) is 1. The first-order chi connectivity index (χ1) is 16.5. The molecule has 7 nitrogen and oxygen atoms in total. The van der Waals surface area contributed by atoms with Crippen LogP contribution in [0.2, 0.25) is 0 Å². The Morgan fingerprint density at radius 1 is 0.941 bits per heavy atom. The predicted molar refractivity (Wildman–Crippen MR) is 130 cm³/mol. The van der Waals surface area contributed by atoms with Crippen LogP contribution >= 0.6 is 11.3 Å². The molecule has 2 aliphatic rings. The average Bonchev–Trinajstić information content (AvgIpc) is 3.33. The van der Waals surface area contributed by atoms with Crippen molar-refractivity contribution in [2.45, 2.75) is 32.2 Å². The Bertz CT molecular complexity index is 1300. The molecule has 3 amide bonds. The zero-order valence-electron chi connectivity index (χ0n) is 18.4. The van der Waals surface area contributed by atoms with Crippen molar-refractivity contribution < 1.29 is 19.2 Å². The van der Waals surface area contributed by atoms with E-state index in [9.17, 15) is 19.2 Å². The number of anilines is 2. The minimum Gasteiger partial charge on any atom is -0.348 e. The standard InChI is InChI=1S/C26H23N3O4S/c30-21(15-29-19-12-6-4-10-17(19)23(31)26(29)33)28-25-22(18-11-5-7-13-20(18)34-25)24(32)27-14-16-8-2-1-3-9-16/h1-4,6,8-10,12H,5,7,11,13-15H2,(H,27,32)(H,28,30). The molecular weight excluding hydrogens is 450 g/mol. The molecule has 5 rings (SSSR count). The highest BCUT2D eigenvalue weighted by atomic mass is 32.1. The van der Waals surface area contributed by atoms with E-state index in [4.69, 9.17) is 0 Å². The summed E-state index contributed by atoms with van der Waals surface area (Å²) in [5.74, 6) is -2.01. The molecule has 0 saturated heterocycles. The monoisotopic (exact) mass is 473 g/mol. The van der Waals surface area contributed by atoms with Gasteiger partial charge in [0.15, 0.2) is 0 Å². The first-order valence-corrected chi connectivity index (χ1v) is 12.1. The minimum absolute atomic E-state index is 0.226. The van der Waals surface area contributed by atoms with Gasteiger partial charge in [0.2, 0.25) is 5.91 Å². The van der Waals surface area contributed by atoms with Crippen molar-refractivity contribution >= 4 is 45.5 Å². The van der Waals surface area contributed by atoms with E-state index >= 15 is 0 Å². The van der Waals surface area contributed by atoms with Gasteiger partial charge < -0.3 is 10.6 Å². The molecule has 34 heavy (non-hydrogen) atoms. The molecule has 1 aliphatic carbocycles. The third kappa shape index (κ3) is 4.12. The summed E-state index contributed by atoms with van der Waals surface area (Å²) in [5.41, 5.74) is 3.22. The largest absolute Gasteiger partial charge is 0.348 e. The highest BCUT2D eigenvalue weighted by Crippen LogP contribution is 2.38. The molecule has 1 aliphatic heterocycles. The summed E-state index contributed by atoms with van der Waals surface area (Å²) < 4.78 is 0. The summed E-state index contributed by atoms with van der Waals surface area (Å²) >= 11 is 1.42. The van der Waals surface area contributed by atoms with Crippen molar-refractivity contribution in [3.05, 3.63) is 81.7 Å². The first-order valence-electron chi connectivity index (χ1n) is 11.2. The fourth-order valence-corrected chi connectivity index (χ4v) is 5.78. The molecule has 8 heteroatoms. The topological polar surface area (TPSA) is 95.6 Å². The van der Waals surface area contributed by atoms with Gasteiger partial charge in [-0.15, -0.1) is 11.3 Å². The smallest absolute Gasteiger partial charge is 0.299 e. The lowest BCUT2D eigenvalue weighted by atomic mass is 9.95. The molecule has 3 aromatic rings. The summed E-state index contributed by atoms with van der Waals surface area (Å²) in [7, 11) is 0. The molecule has 2 heterocycles. The SMILES string of the molecule is O=C(CN1C(=O)C(=O)c2ccccc21)Nc1sc2c(c1C(=O)NCc1ccccc1)CCCC2. The number of carbonyl (C=O) groups excluding carboxylic acids is 4. The summed E-state index contributed by atoms with van der Waals surface area (Å²) in [5, 5.41) is 6.32. The lowest BCUT2D eigenvalue weighted by Crippen LogP contribution is -2.37. The van der Waals surface area contributed by atoms with Crippen LogP contribution in [0.3, 0.4) is 0 Å². The second-order valence-corrected chi connectivity index (χ2v) is 9.47. The van der Waals surface area contributed by atoms with Gasteiger partial charge in [0, 0.05) is 11.4 Å². The van der Waals surface area contributed by atoms with Crippen LogP contribution in [0.15, 0.2) is 54.6 Å². The fraction of sp³-hybridized carbons (Fsp3) is 0.231. The Hall–Kier alpha value is -3.78. The van der Waals surface area contributed by atoms with Gasteiger partial charge in [0.1, 0.15) is 11.5 Å². The number of hydrogen-bond donors (Lipinski definition) is 2. The van der Waals surface area contributed by atoms with Gasteiger partial charge in [-0.2, -0.15) is 0 Å². The van der Waals surface area contributed by atoms with Gasteiger partial charge in [-0.3, -0.25) is 24.1 Å². The minimum atomic E-state index is -0.720. The Morgan fingerprint density at radius 2 is 1.68 bits per heavy atom. The normalized spacial score (nSPS) is 14.5. The van der Waals surface area contributed by atoms with Gasteiger partial charge in [-0.25, -0.2) is 0 Å². The maximum Gasteiger partial charge on any atom is 0.299 e. The number of hydrogen-bond acceptors (Lipinski definition) is 5. The number of fused-ring (bicyclic) bond motifs is 2. The molecule has 2 N–H and O–H groups in total. The van der Waals surface area contributed by atoms with Crippen LogP contribution in [0.5, 0.6) is 0 Å².